The first kappa shape index (κ1) is 4.28. The molecule has 0 aliphatic rings. The lowest BCUT2D eigenvalue weighted by Crippen LogP contribution is -1.46. The molecule has 0 aliphatic heterocycles. The molecule has 0 heterocycles. The molecule has 1 nitrogen and oxygen atoms in total. The summed E-state index contributed by atoms with van der Waals surface area (Å²) in [5, 5.41) is 0. The lowest BCUT2D eigenvalue weighted by atomic mass is 10.6. The van der Waals surface area contributed by atoms with E-state index in [9.17, 15) is 0 Å². The Kier molecular flexibility index (Phi) is 2.81. The van der Waals surface area contributed by atoms with Crippen molar-refractivity contribution in [2.45, 2.75) is 0 Å². The van der Waals surface area contributed by atoms with Gasteiger partial charge in [0.05, 0.1) is 0 Å². The fraction of sp³-hybridized carbons (Fsp3) is 0. The second-order valence-electron chi connectivity index (χ2n) is 0.595. The minimum absolute atomic E-state index is 1.19. The van der Waals surface area contributed by atoms with Gasteiger partial charge in [-0.25, -0.2) is 0 Å². The summed E-state index contributed by atoms with van der Waals surface area (Å²) in [6, 6.07) is 0. The molecule has 0 saturated carbocycles. The van der Waals surface area contributed by atoms with Gasteiger partial charge < -0.3 is 5.73 Å². The van der Waals surface area contributed by atoms with E-state index in [1.807, 2.05) is 0 Å². The highest BCUT2D eigenvalue weighted by molar-refractivity contribution is 4.93. The van der Waals surface area contributed by atoms with E-state index in [2.05, 4.69) is 6.58 Å². The van der Waals surface area contributed by atoms with Crippen LogP contribution in [0.1, 0.15) is 0 Å². The largest absolute Gasteiger partial charge is 0.309 e. The number of nitrogens with one attached hydrogen (secondary N) is 1. The zero-order valence-electron chi connectivity index (χ0n) is 2.94. The minimum atomic E-state index is 1.19. The standard InChI is InChI=1S/C4H6N/c1-2-3-4-5/h2-5H,1H2/b4-3+. The van der Waals surface area contributed by atoms with E-state index >= 15 is 0 Å². The molecule has 5 heavy (non-hydrogen) atoms. The van der Waals surface area contributed by atoms with Crippen molar-refractivity contribution >= 4 is 0 Å². The number of allylic oxidation sites excluding steroid dienone is 2. The Bertz CT molecular complexity index is 45.6. The highest BCUT2D eigenvalue weighted by Gasteiger charge is 1.42. The first-order chi connectivity index (χ1) is 2.41. The predicted molar refractivity (Wildman–Crippen MR) is 22.4 cm³/mol. The van der Waals surface area contributed by atoms with E-state index in [-0.39, 0.29) is 0 Å². The summed E-state index contributed by atoms with van der Waals surface area (Å²) < 4.78 is 0. The van der Waals surface area contributed by atoms with E-state index in [4.69, 9.17) is 5.73 Å². The summed E-state index contributed by atoms with van der Waals surface area (Å²) in [7, 11) is 0. The zero-order valence-corrected chi connectivity index (χ0v) is 2.94. The molecule has 0 fully saturated rings. The molecule has 0 saturated heterocycles. The van der Waals surface area contributed by atoms with Crippen LogP contribution in [-0.2, 0) is 0 Å². The maximum absolute atomic E-state index is 6.35. The van der Waals surface area contributed by atoms with Crippen molar-refractivity contribution in [1.82, 2.24) is 5.73 Å². The third-order valence-corrected chi connectivity index (χ3v) is 0.232. The summed E-state index contributed by atoms with van der Waals surface area (Å²) in [4.78, 5) is 0. The fourth-order valence-corrected chi connectivity index (χ4v) is 0.0680. The van der Waals surface area contributed by atoms with Gasteiger partial charge in [-0.05, 0) is 6.08 Å². The molecule has 0 rings (SSSR count). The zero-order chi connectivity index (χ0) is 4.12. The number of rotatable bonds is 1. The summed E-state index contributed by atoms with van der Waals surface area (Å²) in [5.41, 5.74) is 6.35. The van der Waals surface area contributed by atoms with Crippen LogP contribution >= 0.6 is 0 Å². The molecule has 0 aromatic carbocycles. The van der Waals surface area contributed by atoms with Crippen molar-refractivity contribution in [2.75, 3.05) is 0 Å². The smallest absolute Gasteiger partial charge is 0.0177 e. The Hall–Kier alpha value is -0.720. The molecule has 27 valence electrons. The lowest BCUT2D eigenvalue weighted by molar-refractivity contribution is 1.52. The van der Waals surface area contributed by atoms with Crippen molar-refractivity contribution in [2.24, 2.45) is 0 Å². The van der Waals surface area contributed by atoms with Gasteiger partial charge in [-0.3, -0.25) is 0 Å². The van der Waals surface area contributed by atoms with Crippen LogP contribution in [0.5, 0.6) is 0 Å². The van der Waals surface area contributed by atoms with Crippen LogP contribution in [0.15, 0.2) is 24.9 Å². The molecule has 0 aromatic heterocycles. The van der Waals surface area contributed by atoms with E-state index < -0.39 is 0 Å². The van der Waals surface area contributed by atoms with E-state index in [1.165, 1.54) is 6.20 Å². The Morgan fingerprint density at radius 2 is 2.20 bits per heavy atom. The molecule has 0 amide bonds. The van der Waals surface area contributed by atoms with Crippen molar-refractivity contribution in [3.05, 3.63) is 24.9 Å². The van der Waals surface area contributed by atoms with Gasteiger partial charge in [-0.15, -0.1) is 0 Å². The van der Waals surface area contributed by atoms with Crippen molar-refractivity contribution in [3.63, 3.8) is 0 Å². The molecule has 0 unspecified atom stereocenters. The Morgan fingerprint density at radius 1 is 1.60 bits per heavy atom. The van der Waals surface area contributed by atoms with Crippen LogP contribution in [0.4, 0.5) is 0 Å². The second kappa shape index (κ2) is 3.28. The monoisotopic (exact) mass is 68.1 g/mol. The van der Waals surface area contributed by atoms with Crippen LogP contribution in [-0.4, -0.2) is 0 Å². The van der Waals surface area contributed by atoms with E-state index in [1.54, 1.807) is 12.2 Å². The Morgan fingerprint density at radius 3 is 2.20 bits per heavy atom. The quantitative estimate of drug-likeness (QED) is 0.409. The third kappa shape index (κ3) is 3.28. The maximum Gasteiger partial charge on any atom is 0.0177 e. The second-order valence-corrected chi connectivity index (χ2v) is 0.595. The van der Waals surface area contributed by atoms with E-state index in [0.717, 1.165) is 0 Å². The van der Waals surface area contributed by atoms with Gasteiger partial charge >= 0.3 is 0 Å². The highest BCUT2D eigenvalue weighted by atomic mass is 14.5. The topological polar surface area (TPSA) is 23.8 Å². The van der Waals surface area contributed by atoms with Crippen molar-refractivity contribution in [1.29, 1.82) is 0 Å². The minimum Gasteiger partial charge on any atom is -0.309 e. The van der Waals surface area contributed by atoms with Gasteiger partial charge in [-0.1, -0.05) is 12.7 Å². The third-order valence-electron chi connectivity index (χ3n) is 0.232. The van der Waals surface area contributed by atoms with Crippen LogP contribution in [0.25, 0.3) is 0 Å². The highest BCUT2D eigenvalue weighted by Crippen LogP contribution is 1.60. The van der Waals surface area contributed by atoms with Gasteiger partial charge in [-0.2, -0.15) is 0 Å². The molecule has 0 aromatic rings. The SMILES string of the molecule is C=C/C=C/[NH]. The van der Waals surface area contributed by atoms with Crippen LogP contribution < -0.4 is 5.73 Å². The molecule has 0 bridgehead atoms. The van der Waals surface area contributed by atoms with Gasteiger partial charge in [0.2, 0.25) is 0 Å². The van der Waals surface area contributed by atoms with E-state index in [0.29, 0.717) is 0 Å². The van der Waals surface area contributed by atoms with Gasteiger partial charge in [0.15, 0.2) is 0 Å². The van der Waals surface area contributed by atoms with Crippen molar-refractivity contribution < 1.29 is 0 Å². The van der Waals surface area contributed by atoms with Gasteiger partial charge in [0.1, 0.15) is 0 Å². The fourth-order valence-electron chi connectivity index (χ4n) is 0.0680. The van der Waals surface area contributed by atoms with Crippen LogP contribution in [0.2, 0.25) is 0 Å². The molecule has 1 heteroatoms. The normalized spacial score (nSPS) is 8.80. The van der Waals surface area contributed by atoms with Gasteiger partial charge in [0, 0.05) is 6.20 Å². The predicted octanol–water partition coefficient (Wildman–Crippen LogP) is 0.969. The first-order valence-electron chi connectivity index (χ1n) is 1.36. The van der Waals surface area contributed by atoms with Crippen molar-refractivity contribution in [3.8, 4) is 0 Å². The van der Waals surface area contributed by atoms with Gasteiger partial charge in [0.25, 0.3) is 0 Å². The average molecular weight is 68.1 g/mol. The molecular weight excluding hydrogens is 62.1 g/mol. The summed E-state index contributed by atoms with van der Waals surface area (Å²) >= 11 is 0. The summed E-state index contributed by atoms with van der Waals surface area (Å²) in [5.74, 6) is 0. The molecule has 1 N–H and O–H groups in total. The summed E-state index contributed by atoms with van der Waals surface area (Å²) in [6.45, 7) is 3.34. The summed E-state index contributed by atoms with van der Waals surface area (Å²) in [6.07, 6.45) is 4.31. The molecule has 0 spiro atoms. The van der Waals surface area contributed by atoms with Crippen LogP contribution in [0.3, 0.4) is 0 Å². The molecule has 0 atom stereocenters. The molecule has 0 aliphatic carbocycles. The average Bonchev–Trinajstić information content (AvgIpc) is 1.41. The maximum atomic E-state index is 6.35. The molecule has 1 radical (unpaired) electrons. The Balaban J connectivity index is 2.92. The first-order valence-corrected chi connectivity index (χ1v) is 1.36. The van der Waals surface area contributed by atoms with Crippen LogP contribution in [0, 0.1) is 0 Å². The molecular formula is C4H6N. The number of hydrogen-bond acceptors (Lipinski definition) is 0. The number of hydrogen-bond donors (Lipinski definition) is 0. The Labute approximate surface area is 31.8 Å². The lowest BCUT2D eigenvalue weighted by Gasteiger charge is -1.56.